The molecule has 0 radical (unpaired) electrons. The third-order valence-corrected chi connectivity index (χ3v) is 1.60. The van der Waals surface area contributed by atoms with Crippen molar-refractivity contribution >= 4 is 0 Å². The van der Waals surface area contributed by atoms with Crippen molar-refractivity contribution in [1.82, 2.24) is 5.32 Å². The van der Waals surface area contributed by atoms with Gasteiger partial charge in [-0.3, -0.25) is 0 Å². The molecule has 0 aromatic heterocycles. The highest BCUT2D eigenvalue weighted by atomic mass is 16.5. The van der Waals surface area contributed by atoms with Crippen LogP contribution in [0.25, 0.3) is 0 Å². The van der Waals surface area contributed by atoms with Crippen molar-refractivity contribution in [3.8, 4) is 0 Å². The van der Waals surface area contributed by atoms with E-state index in [1.807, 2.05) is 13.8 Å². The fourth-order valence-corrected chi connectivity index (χ4v) is 0.936. The summed E-state index contributed by atoms with van der Waals surface area (Å²) in [6, 6.07) is 0. The maximum absolute atomic E-state index is 8.94. The Morgan fingerprint density at radius 1 is 1.42 bits per heavy atom. The van der Waals surface area contributed by atoms with Crippen molar-refractivity contribution < 1.29 is 9.84 Å². The first-order valence-electron chi connectivity index (χ1n) is 4.74. The molecule has 0 aliphatic heterocycles. The Labute approximate surface area is 75.1 Å². The van der Waals surface area contributed by atoms with Gasteiger partial charge < -0.3 is 15.2 Å². The van der Waals surface area contributed by atoms with E-state index in [0.29, 0.717) is 0 Å². The van der Waals surface area contributed by atoms with Crippen LogP contribution in [0.3, 0.4) is 0 Å². The Bertz CT molecular complexity index is 86.6. The molecule has 3 nitrogen and oxygen atoms in total. The van der Waals surface area contributed by atoms with E-state index >= 15 is 0 Å². The Hall–Kier alpha value is -0.120. The first-order valence-corrected chi connectivity index (χ1v) is 4.74. The number of hydrogen-bond acceptors (Lipinski definition) is 3. The Morgan fingerprint density at radius 2 is 2.17 bits per heavy atom. The summed E-state index contributed by atoms with van der Waals surface area (Å²) in [5.74, 6) is 0. The SMILES string of the molecule is CCOCCNCCCC(C)O. The maximum atomic E-state index is 8.94. The molecular formula is C9H21NO2. The van der Waals surface area contributed by atoms with Crippen molar-refractivity contribution in [2.75, 3.05) is 26.3 Å². The smallest absolute Gasteiger partial charge is 0.0590 e. The maximum Gasteiger partial charge on any atom is 0.0590 e. The lowest BCUT2D eigenvalue weighted by Gasteiger charge is -2.05. The van der Waals surface area contributed by atoms with E-state index in [-0.39, 0.29) is 6.10 Å². The molecule has 0 saturated carbocycles. The minimum atomic E-state index is -0.168. The minimum absolute atomic E-state index is 0.168. The summed E-state index contributed by atoms with van der Waals surface area (Å²) in [4.78, 5) is 0. The number of ether oxygens (including phenoxy) is 1. The van der Waals surface area contributed by atoms with Gasteiger partial charge in [0, 0.05) is 13.2 Å². The van der Waals surface area contributed by atoms with Crippen LogP contribution in [0.15, 0.2) is 0 Å². The summed E-state index contributed by atoms with van der Waals surface area (Å²) in [5, 5.41) is 12.2. The second-order valence-corrected chi connectivity index (χ2v) is 2.94. The van der Waals surface area contributed by atoms with Crippen molar-refractivity contribution in [3.63, 3.8) is 0 Å². The highest BCUT2D eigenvalue weighted by molar-refractivity contribution is 4.51. The number of aliphatic hydroxyl groups excluding tert-OH is 1. The van der Waals surface area contributed by atoms with Crippen LogP contribution in [0.2, 0.25) is 0 Å². The molecule has 0 aromatic carbocycles. The summed E-state index contributed by atoms with van der Waals surface area (Å²) in [5.41, 5.74) is 0. The van der Waals surface area contributed by atoms with Crippen molar-refractivity contribution in [2.24, 2.45) is 0 Å². The quantitative estimate of drug-likeness (QED) is 0.535. The van der Waals surface area contributed by atoms with Crippen LogP contribution in [0.1, 0.15) is 26.7 Å². The molecule has 0 fully saturated rings. The zero-order valence-corrected chi connectivity index (χ0v) is 8.18. The summed E-state index contributed by atoms with van der Waals surface area (Å²) in [6.45, 7) is 7.26. The summed E-state index contributed by atoms with van der Waals surface area (Å²) >= 11 is 0. The molecule has 0 bridgehead atoms. The van der Waals surface area contributed by atoms with Gasteiger partial charge >= 0.3 is 0 Å². The molecule has 1 unspecified atom stereocenters. The second-order valence-electron chi connectivity index (χ2n) is 2.94. The Balaban J connectivity index is 2.82. The summed E-state index contributed by atoms with van der Waals surface area (Å²) in [7, 11) is 0. The molecule has 0 aromatic rings. The van der Waals surface area contributed by atoms with Gasteiger partial charge in [0.05, 0.1) is 12.7 Å². The molecule has 0 heterocycles. The van der Waals surface area contributed by atoms with Gasteiger partial charge in [-0.05, 0) is 33.2 Å². The molecule has 3 heteroatoms. The van der Waals surface area contributed by atoms with E-state index in [0.717, 1.165) is 39.1 Å². The number of hydrogen-bond donors (Lipinski definition) is 2. The van der Waals surface area contributed by atoms with Gasteiger partial charge in [-0.1, -0.05) is 0 Å². The standard InChI is InChI=1S/C9H21NO2/c1-3-12-8-7-10-6-4-5-9(2)11/h9-11H,3-8H2,1-2H3. The van der Waals surface area contributed by atoms with E-state index < -0.39 is 0 Å². The first kappa shape index (κ1) is 11.9. The van der Waals surface area contributed by atoms with Gasteiger partial charge in [-0.15, -0.1) is 0 Å². The molecular weight excluding hydrogens is 154 g/mol. The molecule has 0 amide bonds. The minimum Gasteiger partial charge on any atom is -0.393 e. The van der Waals surface area contributed by atoms with E-state index in [1.54, 1.807) is 0 Å². The predicted octanol–water partition coefficient (Wildman–Crippen LogP) is 0.774. The molecule has 1 atom stereocenters. The van der Waals surface area contributed by atoms with Crippen LogP contribution in [-0.2, 0) is 4.74 Å². The lowest BCUT2D eigenvalue weighted by Crippen LogP contribution is -2.21. The fraction of sp³-hybridized carbons (Fsp3) is 1.00. The Morgan fingerprint density at radius 3 is 2.75 bits per heavy atom. The third kappa shape index (κ3) is 9.88. The monoisotopic (exact) mass is 175 g/mol. The Kier molecular flexibility index (Phi) is 8.88. The van der Waals surface area contributed by atoms with E-state index in [1.165, 1.54) is 0 Å². The highest BCUT2D eigenvalue weighted by Gasteiger charge is 1.94. The number of nitrogens with one attached hydrogen (secondary N) is 1. The molecule has 0 rings (SSSR count). The summed E-state index contributed by atoms with van der Waals surface area (Å²) < 4.78 is 5.15. The predicted molar refractivity (Wildman–Crippen MR) is 50.3 cm³/mol. The average molecular weight is 175 g/mol. The van der Waals surface area contributed by atoms with Crippen LogP contribution in [0, 0.1) is 0 Å². The highest BCUT2D eigenvalue weighted by Crippen LogP contribution is 1.92. The van der Waals surface area contributed by atoms with Crippen LogP contribution < -0.4 is 5.32 Å². The lowest BCUT2D eigenvalue weighted by molar-refractivity contribution is 0.148. The molecule has 12 heavy (non-hydrogen) atoms. The van der Waals surface area contributed by atoms with Crippen LogP contribution in [0.5, 0.6) is 0 Å². The third-order valence-electron chi connectivity index (χ3n) is 1.60. The van der Waals surface area contributed by atoms with Gasteiger partial charge in [0.1, 0.15) is 0 Å². The second kappa shape index (κ2) is 8.97. The zero-order valence-electron chi connectivity index (χ0n) is 8.18. The molecule has 2 N–H and O–H groups in total. The fourth-order valence-electron chi connectivity index (χ4n) is 0.936. The van der Waals surface area contributed by atoms with Gasteiger partial charge in [-0.2, -0.15) is 0 Å². The normalized spacial score (nSPS) is 13.2. The van der Waals surface area contributed by atoms with Gasteiger partial charge in [0.15, 0.2) is 0 Å². The first-order chi connectivity index (χ1) is 5.77. The zero-order chi connectivity index (χ0) is 9.23. The van der Waals surface area contributed by atoms with Crippen molar-refractivity contribution in [2.45, 2.75) is 32.8 Å². The van der Waals surface area contributed by atoms with E-state index in [9.17, 15) is 0 Å². The molecule has 0 aliphatic carbocycles. The molecule has 0 spiro atoms. The van der Waals surface area contributed by atoms with Crippen LogP contribution >= 0.6 is 0 Å². The summed E-state index contributed by atoms with van der Waals surface area (Å²) in [6.07, 6.45) is 1.74. The van der Waals surface area contributed by atoms with Crippen molar-refractivity contribution in [3.05, 3.63) is 0 Å². The number of rotatable bonds is 8. The van der Waals surface area contributed by atoms with Gasteiger partial charge in [0.2, 0.25) is 0 Å². The van der Waals surface area contributed by atoms with E-state index in [2.05, 4.69) is 5.32 Å². The van der Waals surface area contributed by atoms with Crippen molar-refractivity contribution in [1.29, 1.82) is 0 Å². The lowest BCUT2D eigenvalue weighted by atomic mass is 10.2. The largest absolute Gasteiger partial charge is 0.393 e. The van der Waals surface area contributed by atoms with Crippen LogP contribution in [-0.4, -0.2) is 37.5 Å². The van der Waals surface area contributed by atoms with Gasteiger partial charge in [-0.25, -0.2) is 0 Å². The average Bonchev–Trinajstić information content (AvgIpc) is 2.02. The molecule has 0 saturated heterocycles. The van der Waals surface area contributed by atoms with E-state index in [4.69, 9.17) is 9.84 Å². The topological polar surface area (TPSA) is 41.5 Å². The molecule has 74 valence electrons. The van der Waals surface area contributed by atoms with Gasteiger partial charge in [0.25, 0.3) is 0 Å². The molecule has 0 aliphatic rings. The van der Waals surface area contributed by atoms with Crippen LogP contribution in [0.4, 0.5) is 0 Å². The number of aliphatic hydroxyl groups is 1.